The molecular weight excluding hydrogens is 352 g/mol. The van der Waals surface area contributed by atoms with E-state index in [-0.39, 0.29) is 28.0 Å². The summed E-state index contributed by atoms with van der Waals surface area (Å²) in [6, 6.07) is 3.06. The van der Waals surface area contributed by atoms with Crippen LogP contribution in [0.1, 0.15) is 43.0 Å². The van der Waals surface area contributed by atoms with E-state index >= 15 is 0 Å². The van der Waals surface area contributed by atoms with Gasteiger partial charge in [-0.15, -0.1) is 0 Å². The summed E-state index contributed by atoms with van der Waals surface area (Å²) in [6.07, 6.45) is 0. The van der Waals surface area contributed by atoms with Crippen molar-refractivity contribution < 1.29 is 34.0 Å². The summed E-state index contributed by atoms with van der Waals surface area (Å²) in [4.78, 5) is 24.0. The molecule has 0 aliphatic carbocycles. The molecule has 0 fully saturated rings. The molecule has 2 aromatic carbocycles. The maximum absolute atomic E-state index is 12.8. The molecule has 27 heavy (non-hydrogen) atoms. The molecule has 0 saturated carbocycles. The van der Waals surface area contributed by atoms with Crippen molar-refractivity contribution in [3.63, 3.8) is 0 Å². The minimum atomic E-state index is -1.32. The van der Waals surface area contributed by atoms with Gasteiger partial charge in [0.1, 0.15) is 22.8 Å². The smallest absolute Gasteiger partial charge is 0.347 e. The van der Waals surface area contributed by atoms with Crippen LogP contribution in [0, 0.1) is 27.7 Å². The van der Waals surface area contributed by atoms with Crippen molar-refractivity contribution in [1.29, 1.82) is 0 Å². The van der Waals surface area contributed by atoms with Gasteiger partial charge >= 0.3 is 11.9 Å². The molecule has 0 spiro atoms. The van der Waals surface area contributed by atoms with Crippen LogP contribution >= 0.6 is 0 Å². The van der Waals surface area contributed by atoms with Gasteiger partial charge in [-0.05, 0) is 56.5 Å². The van der Waals surface area contributed by atoms with Gasteiger partial charge in [-0.2, -0.15) is 0 Å². The number of rotatable bonds is 5. The summed E-state index contributed by atoms with van der Waals surface area (Å²) >= 11 is 0. The average Bonchev–Trinajstić information content (AvgIpc) is 2.60. The number of ether oxygens (including phenoxy) is 3. The van der Waals surface area contributed by atoms with Gasteiger partial charge in [0.15, 0.2) is 0 Å². The number of esters is 1. The van der Waals surface area contributed by atoms with Crippen LogP contribution < -0.4 is 19.3 Å². The largest absolute Gasteiger partial charge is 0.872 e. The fraction of sp³-hybridized carbons (Fsp3) is 0.300. The van der Waals surface area contributed by atoms with E-state index in [0.29, 0.717) is 22.6 Å². The van der Waals surface area contributed by atoms with Gasteiger partial charge in [0.05, 0.1) is 19.8 Å². The molecule has 0 aliphatic rings. The summed E-state index contributed by atoms with van der Waals surface area (Å²) in [7, 11) is 2.95. The number of methoxy groups -OCH3 is 2. The van der Waals surface area contributed by atoms with Gasteiger partial charge in [-0.3, -0.25) is 0 Å². The first-order chi connectivity index (χ1) is 12.6. The number of aryl methyl sites for hydroxylation is 2. The SMILES string of the molecule is COc1cc(C)c(C(=O)Oc2cc(C)c(C(=O)O)c([O-])c2C)c(OC)c1C. The Morgan fingerprint density at radius 2 is 1.44 bits per heavy atom. The van der Waals surface area contributed by atoms with E-state index in [1.165, 1.54) is 34.1 Å². The minimum absolute atomic E-state index is 0.0161. The Balaban J connectivity index is 2.54. The molecule has 7 nitrogen and oxygen atoms in total. The van der Waals surface area contributed by atoms with Crippen molar-refractivity contribution in [3.05, 3.63) is 45.5 Å². The number of aromatic carboxylic acids is 1. The van der Waals surface area contributed by atoms with E-state index in [1.54, 1.807) is 19.9 Å². The number of hydrogen-bond acceptors (Lipinski definition) is 6. The minimum Gasteiger partial charge on any atom is -0.872 e. The summed E-state index contributed by atoms with van der Waals surface area (Å²) in [6.45, 7) is 6.36. The van der Waals surface area contributed by atoms with Gasteiger partial charge in [0, 0.05) is 5.56 Å². The highest BCUT2D eigenvalue weighted by Crippen LogP contribution is 2.36. The van der Waals surface area contributed by atoms with E-state index in [2.05, 4.69) is 0 Å². The number of carbonyl (C=O) groups excluding carboxylic acids is 1. The first-order valence-corrected chi connectivity index (χ1v) is 8.12. The molecule has 0 bridgehead atoms. The molecule has 2 aromatic rings. The second-order valence-corrected chi connectivity index (χ2v) is 6.14. The number of benzene rings is 2. The molecule has 0 radical (unpaired) electrons. The monoisotopic (exact) mass is 373 g/mol. The van der Waals surface area contributed by atoms with Crippen LogP contribution in [0.5, 0.6) is 23.0 Å². The number of carbonyl (C=O) groups is 2. The number of carboxylic acid groups (broad SMARTS) is 1. The standard InChI is InChI=1S/C20H22O7/c1-9-8-14(11(3)17(21)15(9)19(22)23)27-20(24)16-10(2)7-13(25-5)12(4)18(16)26-6/h7-8,21H,1-6H3,(H,22,23)/p-1. The molecule has 0 amide bonds. The van der Waals surface area contributed by atoms with Crippen LogP contribution in [0.4, 0.5) is 0 Å². The lowest BCUT2D eigenvalue weighted by Crippen LogP contribution is -2.16. The zero-order valence-corrected chi connectivity index (χ0v) is 16.1. The van der Waals surface area contributed by atoms with Crippen LogP contribution in [0.25, 0.3) is 0 Å². The Bertz CT molecular complexity index is 929. The maximum atomic E-state index is 12.8. The Hall–Kier alpha value is -3.22. The van der Waals surface area contributed by atoms with Crippen LogP contribution in [0.3, 0.4) is 0 Å². The highest BCUT2D eigenvalue weighted by Gasteiger charge is 2.24. The highest BCUT2D eigenvalue weighted by molar-refractivity contribution is 5.97. The molecular formula is C20H21O7-. The number of carboxylic acids is 1. The molecule has 0 atom stereocenters. The Labute approximate surface area is 157 Å². The molecule has 0 saturated heterocycles. The second-order valence-electron chi connectivity index (χ2n) is 6.14. The van der Waals surface area contributed by atoms with E-state index in [0.717, 1.165) is 0 Å². The summed E-state index contributed by atoms with van der Waals surface area (Å²) in [5.41, 5.74) is 1.36. The lowest BCUT2D eigenvalue weighted by Gasteiger charge is -2.21. The van der Waals surface area contributed by atoms with Gasteiger partial charge in [-0.25, -0.2) is 9.59 Å². The van der Waals surface area contributed by atoms with Crippen molar-refractivity contribution in [1.82, 2.24) is 0 Å². The molecule has 0 unspecified atom stereocenters. The van der Waals surface area contributed by atoms with E-state index in [9.17, 15) is 19.8 Å². The van der Waals surface area contributed by atoms with Gasteiger partial charge in [0.25, 0.3) is 0 Å². The van der Waals surface area contributed by atoms with Crippen LogP contribution in [-0.2, 0) is 0 Å². The van der Waals surface area contributed by atoms with E-state index < -0.39 is 17.7 Å². The van der Waals surface area contributed by atoms with Crippen LogP contribution in [0.15, 0.2) is 12.1 Å². The molecule has 1 N–H and O–H groups in total. The Kier molecular flexibility index (Phi) is 5.64. The van der Waals surface area contributed by atoms with E-state index in [1.807, 2.05) is 0 Å². The summed E-state index contributed by atoms with van der Waals surface area (Å²) in [5, 5.41) is 21.5. The van der Waals surface area contributed by atoms with Crippen molar-refractivity contribution in [2.75, 3.05) is 14.2 Å². The number of hydrogen-bond donors (Lipinski definition) is 1. The van der Waals surface area contributed by atoms with Crippen molar-refractivity contribution in [2.24, 2.45) is 0 Å². The molecule has 0 aromatic heterocycles. The quantitative estimate of drug-likeness (QED) is 0.634. The third kappa shape index (κ3) is 3.53. The van der Waals surface area contributed by atoms with Crippen molar-refractivity contribution in [3.8, 4) is 23.0 Å². The third-order valence-corrected chi connectivity index (χ3v) is 4.40. The first kappa shape index (κ1) is 20.1. The van der Waals surface area contributed by atoms with Gasteiger partial charge in [-0.1, -0.05) is 5.75 Å². The molecule has 0 heterocycles. The normalized spacial score (nSPS) is 10.4. The lowest BCUT2D eigenvalue weighted by molar-refractivity contribution is -0.269. The van der Waals surface area contributed by atoms with Gasteiger partial charge in [0.2, 0.25) is 0 Å². The van der Waals surface area contributed by atoms with Gasteiger partial charge < -0.3 is 24.4 Å². The van der Waals surface area contributed by atoms with Crippen molar-refractivity contribution >= 4 is 11.9 Å². The fourth-order valence-electron chi connectivity index (χ4n) is 2.95. The maximum Gasteiger partial charge on any atom is 0.347 e. The summed E-state index contributed by atoms with van der Waals surface area (Å²) in [5.74, 6) is -1.81. The molecule has 7 heteroatoms. The Morgan fingerprint density at radius 1 is 0.889 bits per heavy atom. The van der Waals surface area contributed by atoms with Crippen LogP contribution in [-0.4, -0.2) is 31.3 Å². The van der Waals surface area contributed by atoms with E-state index in [4.69, 9.17) is 14.2 Å². The highest BCUT2D eigenvalue weighted by atomic mass is 16.5. The average molecular weight is 373 g/mol. The third-order valence-electron chi connectivity index (χ3n) is 4.40. The topological polar surface area (TPSA) is 105 Å². The second kappa shape index (κ2) is 7.57. The van der Waals surface area contributed by atoms with Crippen molar-refractivity contribution in [2.45, 2.75) is 27.7 Å². The summed E-state index contributed by atoms with van der Waals surface area (Å²) < 4.78 is 16.1. The first-order valence-electron chi connectivity index (χ1n) is 8.12. The Morgan fingerprint density at radius 3 is 1.96 bits per heavy atom. The zero-order chi connectivity index (χ0) is 20.5. The zero-order valence-electron chi connectivity index (χ0n) is 16.1. The predicted octanol–water partition coefficient (Wildman–Crippen LogP) is 2.93. The predicted molar refractivity (Wildman–Crippen MR) is 96.3 cm³/mol. The molecule has 2 rings (SSSR count). The molecule has 144 valence electrons. The van der Waals surface area contributed by atoms with Crippen LogP contribution in [0.2, 0.25) is 0 Å². The lowest BCUT2D eigenvalue weighted by atomic mass is 10.0. The molecule has 0 aliphatic heterocycles. The fourth-order valence-corrected chi connectivity index (χ4v) is 2.95.